The van der Waals surface area contributed by atoms with E-state index in [1.54, 1.807) is 11.3 Å². The van der Waals surface area contributed by atoms with Crippen LogP contribution in [0.4, 0.5) is 0 Å². The molecule has 0 amide bonds. The first-order valence-corrected chi connectivity index (χ1v) is 8.31. The lowest BCUT2D eigenvalue weighted by Gasteiger charge is -2.13. The van der Waals surface area contributed by atoms with Crippen LogP contribution < -0.4 is 5.73 Å². The molecule has 2 nitrogen and oxygen atoms in total. The van der Waals surface area contributed by atoms with E-state index in [-0.39, 0.29) is 6.04 Å². The molecule has 1 aromatic heterocycles. The van der Waals surface area contributed by atoms with Crippen molar-refractivity contribution in [1.29, 1.82) is 0 Å². The Kier molecular flexibility index (Phi) is 4.88. The van der Waals surface area contributed by atoms with Crippen molar-refractivity contribution in [2.75, 3.05) is 5.75 Å². The van der Waals surface area contributed by atoms with Crippen LogP contribution in [0.1, 0.15) is 41.3 Å². The molecule has 0 spiro atoms. The van der Waals surface area contributed by atoms with Gasteiger partial charge in [-0.2, -0.15) is 11.8 Å². The van der Waals surface area contributed by atoms with E-state index in [9.17, 15) is 0 Å². The normalized spacial score (nSPS) is 18.8. The van der Waals surface area contributed by atoms with E-state index in [1.807, 2.05) is 0 Å². The molecule has 0 aliphatic heterocycles. The minimum absolute atomic E-state index is 0.269. The van der Waals surface area contributed by atoms with Crippen LogP contribution in [-0.4, -0.2) is 22.0 Å². The van der Waals surface area contributed by atoms with Gasteiger partial charge >= 0.3 is 0 Å². The molecule has 1 unspecified atom stereocenters. The Hall–Kier alpha value is -0.0600. The third-order valence-electron chi connectivity index (χ3n) is 3.36. The number of hydrogen-bond acceptors (Lipinski definition) is 4. The summed E-state index contributed by atoms with van der Waals surface area (Å²) in [4.78, 5) is 5.89. The number of nitrogens with two attached hydrogens (primary N) is 1. The van der Waals surface area contributed by atoms with Crippen molar-refractivity contribution in [2.45, 2.75) is 57.2 Å². The first kappa shape index (κ1) is 13.4. The second-order valence-electron chi connectivity index (χ2n) is 4.95. The SMILES string of the molecule is Cc1nc(CC(N)CSC2CCCC2)sc1C. The van der Waals surface area contributed by atoms with Crippen LogP contribution in [0, 0.1) is 13.8 Å². The highest BCUT2D eigenvalue weighted by molar-refractivity contribution is 7.99. The zero-order valence-corrected chi connectivity index (χ0v) is 12.4. The number of thiazole rings is 1. The Balaban J connectivity index is 1.74. The van der Waals surface area contributed by atoms with E-state index in [1.165, 1.54) is 41.3 Å². The zero-order chi connectivity index (χ0) is 12.3. The highest BCUT2D eigenvalue weighted by Crippen LogP contribution is 2.30. The predicted octanol–water partition coefficient (Wildman–Crippen LogP) is 3.31. The van der Waals surface area contributed by atoms with Crippen molar-refractivity contribution in [3.8, 4) is 0 Å². The van der Waals surface area contributed by atoms with Gasteiger partial charge in [0.05, 0.1) is 10.7 Å². The van der Waals surface area contributed by atoms with Crippen molar-refractivity contribution in [3.05, 3.63) is 15.6 Å². The summed E-state index contributed by atoms with van der Waals surface area (Å²) in [6, 6.07) is 0.269. The maximum atomic E-state index is 6.19. The van der Waals surface area contributed by atoms with E-state index in [2.05, 4.69) is 30.6 Å². The maximum absolute atomic E-state index is 6.19. The molecule has 0 aromatic carbocycles. The molecule has 1 fully saturated rings. The summed E-state index contributed by atoms with van der Waals surface area (Å²) >= 11 is 3.87. The Labute approximate surface area is 112 Å². The molecule has 4 heteroatoms. The Morgan fingerprint density at radius 1 is 1.41 bits per heavy atom. The van der Waals surface area contributed by atoms with Gasteiger partial charge in [0, 0.05) is 28.3 Å². The Morgan fingerprint density at radius 3 is 2.71 bits per heavy atom. The second-order valence-corrected chi connectivity index (χ2v) is 7.57. The minimum Gasteiger partial charge on any atom is -0.327 e. The third-order valence-corrected chi connectivity index (χ3v) is 6.02. The third kappa shape index (κ3) is 3.97. The Bertz CT molecular complexity index is 337. The molecular formula is C13H22N2S2. The molecular weight excluding hydrogens is 248 g/mol. The predicted molar refractivity (Wildman–Crippen MR) is 78.0 cm³/mol. The van der Waals surface area contributed by atoms with Gasteiger partial charge in [-0.25, -0.2) is 4.98 Å². The van der Waals surface area contributed by atoms with Crippen LogP contribution in [0.3, 0.4) is 0 Å². The highest BCUT2D eigenvalue weighted by Gasteiger charge is 2.17. The van der Waals surface area contributed by atoms with Gasteiger partial charge < -0.3 is 5.73 Å². The number of aromatic nitrogens is 1. The van der Waals surface area contributed by atoms with Gasteiger partial charge in [0.25, 0.3) is 0 Å². The fourth-order valence-corrected chi connectivity index (χ4v) is 4.56. The quantitative estimate of drug-likeness (QED) is 0.892. The molecule has 0 saturated heterocycles. The monoisotopic (exact) mass is 270 g/mol. The van der Waals surface area contributed by atoms with E-state index < -0.39 is 0 Å². The summed E-state index contributed by atoms with van der Waals surface area (Å²) in [6.07, 6.45) is 6.56. The molecule has 0 bridgehead atoms. The number of hydrogen-bond donors (Lipinski definition) is 1. The van der Waals surface area contributed by atoms with Gasteiger partial charge in [-0.15, -0.1) is 11.3 Å². The summed E-state index contributed by atoms with van der Waals surface area (Å²) < 4.78 is 0. The van der Waals surface area contributed by atoms with Crippen LogP contribution in [0.15, 0.2) is 0 Å². The van der Waals surface area contributed by atoms with Gasteiger partial charge in [0.2, 0.25) is 0 Å². The smallest absolute Gasteiger partial charge is 0.0946 e. The second kappa shape index (κ2) is 6.21. The topological polar surface area (TPSA) is 38.9 Å². The largest absolute Gasteiger partial charge is 0.327 e. The van der Waals surface area contributed by atoms with Crippen molar-refractivity contribution < 1.29 is 0 Å². The van der Waals surface area contributed by atoms with Crippen LogP contribution in [0.2, 0.25) is 0 Å². The molecule has 0 radical (unpaired) electrons. The molecule has 2 N–H and O–H groups in total. The average molecular weight is 270 g/mol. The van der Waals surface area contributed by atoms with Crippen molar-refractivity contribution in [1.82, 2.24) is 4.98 Å². The minimum atomic E-state index is 0.269. The summed E-state index contributed by atoms with van der Waals surface area (Å²) in [5, 5.41) is 2.08. The number of thioether (sulfide) groups is 1. The first-order valence-electron chi connectivity index (χ1n) is 6.45. The molecule has 1 aromatic rings. The number of aryl methyl sites for hydroxylation is 2. The van der Waals surface area contributed by atoms with Gasteiger partial charge in [0.1, 0.15) is 0 Å². The van der Waals surface area contributed by atoms with Crippen molar-refractivity contribution in [3.63, 3.8) is 0 Å². The molecule has 1 atom stereocenters. The highest BCUT2D eigenvalue weighted by atomic mass is 32.2. The van der Waals surface area contributed by atoms with Gasteiger partial charge in [-0.1, -0.05) is 12.8 Å². The van der Waals surface area contributed by atoms with Crippen LogP contribution in [0.25, 0.3) is 0 Å². The van der Waals surface area contributed by atoms with Gasteiger partial charge in [-0.05, 0) is 26.7 Å². The van der Waals surface area contributed by atoms with Crippen molar-refractivity contribution >= 4 is 23.1 Å². The molecule has 1 saturated carbocycles. The molecule has 1 aliphatic carbocycles. The molecule has 1 aliphatic rings. The number of nitrogens with zero attached hydrogens (tertiary/aromatic N) is 1. The lowest BCUT2D eigenvalue weighted by Crippen LogP contribution is -2.26. The average Bonchev–Trinajstić information content (AvgIpc) is 2.87. The zero-order valence-electron chi connectivity index (χ0n) is 10.7. The summed E-state index contributed by atoms with van der Waals surface area (Å²) in [7, 11) is 0. The maximum Gasteiger partial charge on any atom is 0.0946 e. The molecule has 96 valence electrons. The van der Waals surface area contributed by atoms with Crippen LogP contribution >= 0.6 is 23.1 Å². The molecule has 1 heterocycles. The summed E-state index contributed by atoms with van der Waals surface area (Å²) in [6.45, 7) is 4.21. The standard InChI is InChI=1S/C13H22N2S2/c1-9-10(2)17-13(15-9)7-11(14)8-16-12-5-3-4-6-12/h11-12H,3-8,14H2,1-2H3. The van der Waals surface area contributed by atoms with E-state index in [0.717, 1.165) is 17.4 Å². The fraction of sp³-hybridized carbons (Fsp3) is 0.769. The van der Waals surface area contributed by atoms with Gasteiger partial charge in [-0.3, -0.25) is 0 Å². The summed E-state index contributed by atoms with van der Waals surface area (Å²) in [5.41, 5.74) is 7.36. The van der Waals surface area contributed by atoms with Crippen molar-refractivity contribution in [2.24, 2.45) is 5.73 Å². The van der Waals surface area contributed by atoms with E-state index in [0.29, 0.717) is 0 Å². The van der Waals surface area contributed by atoms with Crippen LogP contribution in [0.5, 0.6) is 0 Å². The lowest BCUT2D eigenvalue weighted by atomic mass is 10.2. The molecule has 2 rings (SSSR count). The van der Waals surface area contributed by atoms with E-state index in [4.69, 9.17) is 5.73 Å². The first-order chi connectivity index (χ1) is 8.15. The summed E-state index contributed by atoms with van der Waals surface area (Å²) in [5.74, 6) is 1.09. The lowest BCUT2D eigenvalue weighted by molar-refractivity contribution is 0.739. The Morgan fingerprint density at radius 2 is 2.12 bits per heavy atom. The molecule has 17 heavy (non-hydrogen) atoms. The number of rotatable bonds is 5. The van der Waals surface area contributed by atoms with Gasteiger partial charge in [0.15, 0.2) is 0 Å². The van der Waals surface area contributed by atoms with E-state index >= 15 is 0 Å². The van der Waals surface area contributed by atoms with Crippen LogP contribution in [-0.2, 0) is 6.42 Å². The fourth-order valence-electron chi connectivity index (χ4n) is 2.22.